The molecule has 1 N–H and O–H groups in total. The SMILES string of the molecule is CN(Cc1ccccc1)C(=O)N1CCC(C(=O)N2CCCNCC2)CC1.Cl. The molecule has 2 aliphatic heterocycles. The number of likely N-dealkylation sites (tertiary alicyclic amines) is 1. The molecule has 0 spiro atoms. The van der Waals surface area contributed by atoms with E-state index in [1.165, 1.54) is 0 Å². The number of nitrogens with zero attached hydrogens (tertiary/aromatic N) is 3. The summed E-state index contributed by atoms with van der Waals surface area (Å²) in [7, 11) is 1.84. The summed E-state index contributed by atoms with van der Waals surface area (Å²) in [6, 6.07) is 10.1. The maximum atomic E-state index is 12.7. The predicted octanol–water partition coefficient (Wildman–Crippen LogP) is 2.19. The van der Waals surface area contributed by atoms with Crippen molar-refractivity contribution in [2.45, 2.75) is 25.8 Å². The van der Waals surface area contributed by atoms with Gasteiger partial charge < -0.3 is 20.0 Å². The van der Waals surface area contributed by atoms with Gasteiger partial charge in [-0.1, -0.05) is 30.3 Å². The Labute approximate surface area is 168 Å². The van der Waals surface area contributed by atoms with Crippen LogP contribution < -0.4 is 5.32 Å². The zero-order valence-corrected chi connectivity index (χ0v) is 16.9. The molecule has 0 atom stereocenters. The van der Waals surface area contributed by atoms with Crippen LogP contribution in [-0.4, -0.2) is 73.0 Å². The van der Waals surface area contributed by atoms with Crippen molar-refractivity contribution in [1.82, 2.24) is 20.0 Å². The molecule has 0 bridgehead atoms. The van der Waals surface area contributed by atoms with Crippen LogP contribution in [0.4, 0.5) is 4.79 Å². The van der Waals surface area contributed by atoms with Crippen LogP contribution in [0.25, 0.3) is 0 Å². The Balaban J connectivity index is 0.00000261. The van der Waals surface area contributed by atoms with Crippen LogP contribution in [0.1, 0.15) is 24.8 Å². The molecule has 7 heteroatoms. The molecule has 0 unspecified atom stereocenters. The van der Waals surface area contributed by atoms with Gasteiger partial charge in [0.25, 0.3) is 0 Å². The molecule has 2 fully saturated rings. The molecule has 3 amide bonds. The Morgan fingerprint density at radius 3 is 2.44 bits per heavy atom. The van der Waals surface area contributed by atoms with Crippen LogP contribution >= 0.6 is 12.4 Å². The Morgan fingerprint density at radius 1 is 1.04 bits per heavy atom. The fourth-order valence-electron chi connectivity index (χ4n) is 3.81. The van der Waals surface area contributed by atoms with Gasteiger partial charge in [0.05, 0.1) is 0 Å². The maximum Gasteiger partial charge on any atom is 0.320 e. The fraction of sp³-hybridized carbons (Fsp3) is 0.600. The summed E-state index contributed by atoms with van der Waals surface area (Å²) < 4.78 is 0. The van der Waals surface area contributed by atoms with E-state index in [0.29, 0.717) is 19.6 Å². The van der Waals surface area contributed by atoms with Crippen LogP contribution in [0.15, 0.2) is 30.3 Å². The van der Waals surface area contributed by atoms with E-state index in [4.69, 9.17) is 0 Å². The number of urea groups is 1. The van der Waals surface area contributed by atoms with Gasteiger partial charge in [0, 0.05) is 52.2 Å². The first-order chi connectivity index (χ1) is 12.6. The topological polar surface area (TPSA) is 55.9 Å². The third kappa shape index (κ3) is 5.84. The lowest BCUT2D eigenvalue weighted by molar-refractivity contribution is -0.136. The van der Waals surface area contributed by atoms with Crippen LogP contribution in [0.5, 0.6) is 0 Å². The zero-order valence-electron chi connectivity index (χ0n) is 16.1. The quantitative estimate of drug-likeness (QED) is 0.855. The lowest BCUT2D eigenvalue weighted by Crippen LogP contribution is -2.48. The van der Waals surface area contributed by atoms with Crippen LogP contribution in [0.2, 0.25) is 0 Å². The third-order valence-electron chi connectivity index (χ3n) is 5.36. The number of piperidine rings is 1. The highest BCUT2D eigenvalue weighted by Gasteiger charge is 2.31. The zero-order chi connectivity index (χ0) is 18.4. The molecule has 6 nitrogen and oxygen atoms in total. The summed E-state index contributed by atoms with van der Waals surface area (Å²) in [5.41, 5.74) is 1.13. The number of benzene rings is 1. The molecule has 2 aliphatic rings. The Kier molecular flexibility index (Phi) is 8.38. The molecule has 0 aliphatic carbocycles. The minimum absolute atomic E-state index is 0. The standard InChI is InChI=1S/C20H30N4O2.ClH/c1-22(16-17-6-3-2-4-7-17)20(26)24-13-8-18(9-14-24)19(25)23-12-5-10-21-11-15-23;/h2-4,6-7,18,21H,5,8-16H2,1H3;1H. The minimum Gasteiger partial charge on any atom is -0.341 e. The number of hydrogen-bond acceptors (Lipinski definition) is 3. The second kappa shape index (κ2) is 10.5. The summed E-state index contributed by atoms with van der Waals surface area (Å²) in [4.78, 5) is 31.1. The van der Waals surface area contributed by atoms with Crippen molar-refractivity contribution in [3.63, 3.8) is 0 Å². The number of hydrogen-bond donors (Lipinski definition) is 1. The fourth-order valence-corrected chi connectivity index (χ4v) is 3.81. The second-order valence-corrected chi connectivity index (χ2v) is 7.31. The molecule has 0 radical (unpaired) electrons. The number of nitrogens with one attached hydrogen (secondary N) is 1. The van der Waals surface area contributed by atoms with Crippen molar-refractivity contribution >= 4 is 24.3 Å². The Bertz CT molecular complexity index is 597. The van der Waals surface area contributed by atoms with E-state index in [2.05, 4.69) is 5.32 Å². The molecule has 0 aromatic heterocycles. The van der Waals surface area contributed by atoms with E-state index in [-0.39, 0.29) is 30.3 Å². The van der Waals surface area contributed by atoms with Gasteiger partial charge >= 0.3 is 6.03 Å². The van der Waals surface area contributed by atoms with E-state index in [1.54, 1.807) is 4.90 Å². The van der Waals surface area contributed by atoms with Crippen LogP contribution in [-0.2, 0) is 11.3 Å². The van der Waals surface area contributed by atoms with E-state index >= 15 is 0 Å². The van der Waals surface area contributed by atoms with Crippen molar-refractivity contribution in [2.24, 2.45) is 5.92 Å². The highest BCUT2D eigenvalue weighted by atomic mass is 35.5. The Hall–Kier alpha value is -1.79. The van der Waals surface area contributed by atoms with Crippen molar-refractivity contribution in [2.75, 3.05) is 46.3 Å². The predicted molar refractivity (Wildman–Crippen MR) is 109 cm³/mol. The summed E-state index contributed by atoms with van der Waals surface area (Å²) in [5, 5.41) is 3.34. The number of carbonyl (C=O) groups is 2. The van der Waals surface area contributed by atoms with E-state index in [9.17, 15) is 9.59 Å². The third-order valence-corrected chi connectivity index (χ3v) is 5.36. The molecule has 27 heavy (non-hydrogen) atoms. The lowest BCUT2D eigenvalue weighted by atomic mass is 9.95. The Morgan fingerprint density at radius 2 is 1.74 bits per heavy atom. The van der Waals surface area contributed by atoms with Gasteiger partial charge in [-0.15, -0.1) is 12.4 Å². The summed E-state index contributed by atoms with van der Waals surface area (Å²) in [5.74, 6) is 0.343. The van der Waals surface area contributed by atoms with Gasteiger partial charge in [0.2, 0.25) is 5.91 Å². The van der Waals surface area contributed by atoms with E-state index in [1.807, 2.05) is 47.2 Å². The largest absolute Gasteiger partial charge is 0.341 e. The van der Waals surface area contributed by atoms with E-state index in [0.717, 1.165) is 51.0 Å². The van der Waals surface area contributed by atoms with Crippen LogP contribution in [0, 0.1) is 5.92 Å². The average molecular weight is 395 g/mol. The van der Waals surface area contributed by atoms with E-state index < -0.39 is 0 Å². The molecule has 150 valence electrons. The van der Waals surface area contributed by atoms with Crippen molar-refractivity contribution < 1.29 is 9.59 Å². The highest BCUT2D eigenvalue weighted by molar-refractivity contribution is 5.85. The van der Waals surface area contributed by atoms with Gasteiger partial charge in [-0.05, 0) is 31.4 Å². The van der Waals surface area contributed by atoms with Crippen molar-refractivity contribution in [1.29, 1.82) is 0 Å². The number of amides is 3. The van der Waals surface area contributed by atoms with Gasteiger partial charge in [-0.3, -0.25) is 4.79 Å². The maximum absolute atomic E-state index is 12.7. The first-order valence-electron chi connectivity index (χ1n) is 9.68. The van der Waals surface area contributed by atoms with Gasteiger partial charge in [-0.2, -0.15) is 0 Å². The molecule has 3 rings (SSSR count). The summed E-state index contributed by atoms with van der Waals surface area (Å²) >= 11 is 0. The molecule has 1 aromatic carbocycles. The van der Waals surface area contributed by atoms with Crippen LogP contribution in [0.3, 0.4) is 0 Å². The smallest absolute Gasteiger partial charge is 0.320 e. The molecule has 0 saturated carbocycles. The number of halogens is 1. The minimum atomic E-state index is 0. The molecular weight excluding hydrogens is 364 g/mol. The lowest BCUT2D eigenvalue weighted by Gasteiger charge is -2.35. The molecular formula is C20H31ClN4O2. The van der Waals surface area contributed by atoms with Gasteiger partial charge in [0.1, 0.15) is 0 Å². The first-order valence-corrected chi connectivity index (χ1v) is 9.68. The second-order valence-electron chi connectivity index (χ2n) is 7.31. The number of carbonyl (C=O) groups excluding carboxylic acids is 2. The van der Waals surface area contributed by atoms with Crippen molar-refractivity contribution in [3.05, 3.63) is 35.9 Å². The van der Waals surface area contributed by atoms with Gasteiger partial charge in [0.15, 0.2) is 0 Å². The molecule has 2 saturated heterocycles. The molecule has 2 heterocycles. The molecule has 1 aromatic rings. The summed E-state index contributed by atoms with van der Waals surface area (Å²) in [6.45, 7) is 5.47. The average Bonchev–Trinajstić information content (AvgIpc) is 2.97. The number of rotatable bonds is 3. The normalized spacial score (nSPS) is 18.4. The highest BCUT2D eigenvalue weighted by Crippen LogP contribution is 2.21. The summed E-state index contributed by atoms with van der Waals surface area (Å²) in [6.07, 6.45) is 2.56. The van der Waals surface area contributed by atoms with Crippen molar-refractivity contribution in [3.8, 4) is 0 Å². The first kappa shape index (κ1) is 21.5. The monoisotopic (exact) mass is 394 g/mol. The van der Waals surface area contributed by atoms with Gasteiger partial charge in [-0.25, -0.2) is 4.79 Å².